The number of likely N-dealkylation sites (tertiary alicyclic amines) is 1. The third kappa shape index (κ3) is 2.57. The Morgan fingerprint density at radius 3 is 2.00 bits per heavy atom. The Hall–Kier alpha value is -0.770. The molecule has 0 aromatic carbocycles. The maximum Gasteiger partial charge on any atom is 0.410 e. The van der Waals surface area contributed by atoms with E-state index in [2.05, 4.69) is 0 Å². The Bertz CT molecular complexity index is 315. The minimum Gasteiger partial charge on any atom is -0.444 e. The van der Waals surface area contributed by atoms with Gasteiger partial charge >= 0.3 is 6.09 Å². The number of fused-ring (bicyclic) bond motifs is 1. The lowest BCUT2D eigenvalue weighted by molar-refractivity contribution is 0.0143. The number of hydrogen-bond acceptors (Lipinski definition) is 3. The molecule has 1 saturated heterocycles. The molecule has 1 aliphatic heterocycles. The Morgan fingerprint density at radius 2 is 1.65 bits per heavy atom. The molecule has 98 valence electrons. The van der Waals surface area contributed by atoms with Crippen LogP contribution in [-0.4, -0.2) is 40.4 Å². The molecule has 2 rings (SSSR count). The zero-order chi connectivity index (χ0) is 13.0. The lowest BCUT2D eigenvalue weighted by Gasteiger charge is -2.27. The Kier molecular flexibility index (Phi) is 2.69. The molecule has 2 unspecified atom stereocenters. The van der Waals surface area contributed by atoms with Crippen molar-refractivity contribution in [1.29, 1.82) is 0 Å². The molecule has 1 saturated carbocycles. The monoisotopic (exact) mass is 241 g/mol. The second-order valence-corrected chi connectivity index (χ2v) is 6.89. The average Bonchev–Trinajstić information content (AvgIpc) is 2.61. The van der Waals surface area contributed by atoms with Gasteiger partial charge in [0, 0.05) is 13.1 Å². The van der Waals surface area contributed by atoms with Crippen LogP contribution in [0.1, 0.15) is 34.6 Å². The van der Waals surface area contributed by atoms with Crippen LogP contribution in [0.3, 0.4) is 0 Å². The minimum absolute atomic E-state index is 0.223. The highest BCUT2D eigenvalue weighted by Crippen LogP contribution is 2.56. The summed E-state index contributed by atoms with van der Waals surface area (Å²) in [4.78, 5) is 13.6. The third-order valence-corrected chi connectivity index (χ3v) is 3.66. The SMILES string of the molecule is CC(C)(C)OC(=O)N1CC2C(C1)C2C(C)(C)O. The molecule has 0 radical (unpaired) electrons. The lowest BCUT2D eigenvalue weighted by atomic mass is 9.99. The molecule has 17 heavy (non-hydrogen) atoms. The van der Waals surface area contributed by atoms with Crippen molar-refractivity contribution < 1.29 is 14.6 Å². The molecule has 0 spiro atoms. The molecule has 0 aromatic heterocycles. The van der Waals surface area contributed by atoms with Crippen LogP contribution in [0, 0.1) is 17.8 Å². The summed E-state index contributed by atoms with van der Waals surface area (Å²) in [5, 5.41) is 9.94. The first-order chi connectivity index (χ1) is 7.59. The number of ether oxygens (including phenoxy) is 1. The minimum atomic E-state index is -0.616. The molecule has 0 aromatic rings. The van der Waals surface area contributed by atoms with E-state index < -0.39 is 11.2 Å². The Labute approximate surface area is 103 Å². The van der Waals surface area contributed by atoms with Crippen molar-refractivity contribution in [3.05, 3.63) is 0 Å². The number of carbonyl (C=O) groups excluding carboxylic acids is 1. The van der Waals surface area contributed by atoms with E-state index in [4.69, 9.17) is 4.74 Å². The molecule has 4 heteroatoms. The highest BCUT2D eigenvalue weighted by atomic mass is 16.6. The van der Waals surface area contributed by atoms with Crippen LogP contribution in [0.25, 0.3) is 0 Å². The summed E-state index contributed by atoms with van der Waals surface area (Å²) >= 11 is 0. The number of carbonyl (C=O) groups is 1. The number of rotatable bonds is 1. The predicted octanol–water partition coefficient (Wildman–Crippen LogP) is 1.87. The van der Waals surface area contributed by atoms with Crippen LogP contribution in [0.4, 0.5) is 4.79 Å². The van der Waals surface area contributed by atoms with Crippen LogP contribution in [0.15, 0.2) is 0 Å². The standard InChI is InChI=1S/C13H23NO3/c1-12(2,3)17-11(15)14-6-8-9(7-14)10(8)13(4,5)16/h8-10,16H,6-7H2,1-5H3. The molecule has 2 fully saturated rings. The molecule has 1 N–H and O–H groups in total. The Balaban J connectivity index is 1.86. The van der Waals surface area contributed by atoms with Crippen LogP contribution in [-0.2, 0) is 4.74 Å². The van der Waals surface area contributed by atoms with Gasteiger partial charge in [-0.3, -0.25) is 0 Å². The smallest absolute Gasteiger partial charge is 0.410 e. The van der Waals surface area contributed by atoms with Crippen molar-refractivity contribution >= 4 is 6.09 Å². The van der Waals surface area contributed by atoms with Gasteiger partial charge in [-0.05, 0) is 52.4 Å². The molecule has 1 amide bonds. The van der Waals surface area contributed by atoms with Crippen molar-refractivity contribution in [2.75, 3.05) is 13.1 Å². The van der Waals surface area contributed by atoms with Gasteiger partial charge < -0.3 is 14.7 Å². The summed E-state index contributed by atoms with van der Waals surface area (Å²) < 4.78 is 5.34. The van der Waals surface area contributed by atoms with Crippen molar-refractivity contribution in [2.24, 2.45) is 17.8 Å². The first kappa shape index (κ1) is 12.7. The number of amides is 1. The highest BCUT2D eigenvalue weighted by molar-refractivity contribution is 5.69. The van der Waals surface area contributed by atoms with Crippen molar-refractivity contribution in [1.82, 2.24) is 4.90 Å². The van der Waals surface area contributed by atoms with Gasteiger partial charge in [-0.2, -0.15) is 0 Å². The van der Waals surface area contributed by atoms with Crippen LogP contribution < -0.4 is 0 Å². The van der Waals surface area contributed by atoms with E-state index in [1.54, 1.807) is 4.90 Å². The van der Waals surface area contributed by atoms with Gasteiger partial charge in [0.15, 0.2) is 0 Å². The van der Waals surface area contributed by atoms with E-state index in [-0.39, 0.29) is 6.09 Å². The average molecular weight is 241 g/mol. The number of hydrogen-bond donors (Lipinski definition) is 1. The largest absolute Gasteiger partial charge is 0.444 e. The van der Waals surface area contributed by atoms with E-state index in [1.165, 1.54) is 0 Å². The summed E-state index contributed by atoms with van der Waals surface area (Å²) in [7, 11) is 0. The zero-order valence-corrected chi connectivity index (χ0v) is 11.4. The second-order valence-electron chi connectivity index (χ2n) is 6.89. The van der Waals surface area contributed by atoms with Gasteiger partial charge in [-0.1, -0.05) is 0 Å². The first-order valence-electron chi connectivity index (χ1n) is 6.30. The predicted molar refractivity (Wildman–Crippen MR) is 64.6 cm³/mol. The lowest BCUT2D eigenvalue weighted by Crippen LogP contribution is -2.39. The maximum atomic E-state index is 11.8. The van der Waals surface area contributed by atoms with Crippen LogP contribution >= 0.6 is 0 Å². The fourth-order valence-corrected chi connectivity index (χ4v) is 3.05. The van der Waals surface area contributed by atoms with Gasteiger partial charge in [0.05, 0.1) is 5.60 Å². The number of aliphatic hydroxyl groups is 1. The van der Waals surface area contributed by atoms with Gasteiger partial charge in [0.2, 0.25) is 0 Å². The second kappa shape index (κ2) is 3.61. The molecule has 0 bridgehead atoms. The molecule has 2 aliphatic rings. The van der Waals surface area contributed by atoms with Gasteiger partial charge in [0.1, 0.15) is 5.60 Å². The summed E-state index contributed by atoms with van der Waals surface area (Å²) in [6.07, 6.45) is -0.223. The van der Waals surface area contributed by atoms with E-state index in [1.807, 2.05) is 34.6 Å². The highest BCUT2D eigenvalue weighted by Gasteiger charge is 2.62. The summed E-state index contributed by atoms with van der Waals surface area (Å²) in [6, 6.07) is 0. The van der Waals surface area contributed by atoms with Crippen molar-refractivity contribution in [3.8, 4) is 0 Å². The van der Waals surface area contributed by atoms with Gasteiger partial charge in [-0.25, -0.2) is 4.79 Å². The molecular weight excluding hydrogens is 218 g/mol. The molecular formula is C13H23NO3. The maximum absolute atomic E-state index is 11.8. The van der Waals surface area contributed by atoms with Gasteiger partial charge in [0.25, 0.3) is 0 Å². The third-order valence-electron chi connectivity index (χ3n) is 3.66. The van der Waals surface area contributed by atoms with E-state index in [0.717, 1.165) is 13.1 Å². The summed E-state index contributed by atoms with van der Waals surface area (Å²) in [6.45, 7) is 10.8. The summed E-state index contributed by atoms with van der Waals surface area (Å²) in [5.74, 6) is 1.27. The van der Waals surface area contributed by atoms with Crippen molar-refractivity contribution in [2.45, 2.75) is 45.8 Å². The van der Waals surface area contributed by atoms with Crippen molar-refractivity contribution in [3.63, 3.8) is 0 Å². The first-order valence-corrected chi connectivity index (χ1v) is 6.30. The van der Waals surface area contributed by atoms with E-state index in [0.29, 0.717) is 17.8 Å². The van der Waals surface area contributed by atoms with Gasteiger partial charge in [-0.15, -0.1) is 0 Å². The zero-order valence-electron chi connectivity index (χ0n) is 11.4. The van der Waals surface area contributed by atoms with Crippen LogP contribution in [0.5, 0.6) is 0 Å². The van der Waals surface area contributed by atoms with E-state index in [9.17, 15) is 9.90 Å². The molecule has 1 heterocycles. The number of piperidine rings is 1. The fourth-order valence-electron chi connectivity index (χ4n) is 3.05. The molecule has 1 aliphatic carbocycles. The fraction of sp³-hybridized carbons (Fsp3) is 0.923. The van der Waals surface area contributed by atoms with E-state index >= 15 is 0 Å². The molecule has 4 nitrogen and oxygen atoms in total. The quantitative estimate of drug-likeness (QED) is 0.762. The summed E-state index contributed by atoms with van der Waals surface area (Å²) in [5.41, 5.74) is -1.05. The topological polar surface area (TPSA) is 49.8 Å². The normalized spacial score (nSPS) is 32.4. The molecule has 2 atom stereocenters. The number of nitrogens with zero attached hydrogens (tertiary/aromatic N) is 1. The Morgan fingerprint density at radius 1 is 1.18 bits per heavy atom. The van der Waals surface area contributed by atoms with Crippen LogP contribution in [0.2, 0.25) is 0 Å².